The first kappa shape index (κ1) is 10.8. The fraction of sp³-hybridized carbons (Fsp3) is 0.333. The highest BCUT2D eigenvalue weighted by atomic mass is 16.5. The largest absolute Gasteiger partial charge is 0.334 e. The maximum absolute atomic E-state index is 5.21. The Balaban J connectivity index is 2.34. The molecule has 1 N–H and O–H groups in total. The van der Waals surface area contributed by atoms with Crippen LogP contribution in [0.4, 0.5) is 0 Å². The first-order valence-corrected chi connectivity index (χ1v) is 5.25. The number of aromatic nitrogens is 2. The third kappa shape index (κ3) is 2.28. The minimum absolute atomic E-state index is 0.581. The molecule has 0 spiro atoms. The van der Waals surface area contributed by atoms with Crippen molar-refractivity contribution >= 4 is 0 Å². The molecular formula is C12H15N3O. The van der Waals surface area contributed by atoms with Crippen molar-refractivity contribution in [3.05, 3.63) is 35.2 Å². The van der Waals surface area contributed by atoms with Gasteiger partial charge >= 0.3 is 0 Å². The van der Waals surface area contributed by atoms with Crippen LogP contribution in [0, 0.1) is 13.8 Å². The van der Waals surface area contributed by atoms with E-state index in [9.17, 15) is 0 Å². The highest BCUT2D eigenvalue weighted by molar-refractivity contribution is 5.55. The third-order valence-corrected chi connectivity index (χ3v) is 2.27. The number of hydrogen-bond donors (Lipinski definition) is 1. The molecule has 0 saturated carbocycles. The molecule has 0 atom stereocenters. The molecule has 1 aromatic carbocycles. The molecule has 0 saturated heterocycles. The summed E-state index contributed by atoms with van der Waals surface area (Å²) in [5.74, 6) is 1.26. The maximum Gasteiger partial charge on any atom is 0.257 e. The van der Waals surface area contributed by atoms with Gasteiger partial charge in [-0.15, -0.1) is 0 Å². The Kier molecular flexibility index (Phi) is 3.01. The summed E-state index contributed by atoms with van der Waals surface area (Å²) in [6.07, 6.45) is 0. The fourth-order valence-electron chi connectivity index (χ4n) is 1.70. The van der Waals surface area contributed by atoms with Gasteiger partial charge in [0, 0.05) is 5.56 Å². The zero-order chi connectivity index (χ0) is 11.5. The van der Waals surface area contributed by atoms with Crippen molar-refractivity contribution in [1.82, 2.24) is 15.5 Å². The molecule has 0 aliphatic rings. The Morgan fingerprint density at radius 2 is 1.88 bits per heavy atom. The average molecular weight is 217 g/mol. The second-order valence-corrected chi connectivity index (χ2v) is 3.92. The van der Waals surface area contributed by atoms with Crippen molar-refractivity contribution in [2.45, 2.75) is 20.4 Å². The Labute approximate surface area is 94.7 Å². The number of aryl methyl sites for hydroxylation is 2. The number of rotatable bonds is 3. The number of nitrogens with zero attached hydrogens (tertiary/aromatic N) is 2. The summed E-state index contributed by atoms with van der Waals surface area (Å²) in [5.41, 5.74) is 3.37. The standard InChI is InChI=1S/C12H15N3O/c1-8-4-9(2)6-10(5-8)12-14-11(7-13-3)15-16-12/h4-6,13H,7H2,1-3H3. The quantitative estimate of drug-likeness (QED) is 0.855. The molecule has 0 unspecified atom stereocenters. The van der Waals surface area contributed by atoms with E-state index in [1.54, 1.807) is 0 Å². The summed E-state index contributed by atoms with van der Waals surface area (Å²) >= 11 is 0. The number of hydrogen-bond acceptors (Lipinski definition) is 4. The van der Waals surface area contributed by atoms with Gasteiger partial charge in [-0.05, 0) is 33.0 Å². The van der Waals surface area contributed by atoms with Crippen LogP contribution in [0.2, 0.25) is 0 Å². The van der Waals surface area contributed by atoms with Crippen molar-refractivity contribution in [2.75, 3.05) is 7.05 Å². The van der Waals surface area contributed by atoms with Gasteiger partial charge in [0.2, 0.25) is 0 Å². The van der Waals surface area contributed by atoms with Gasteiger partial charge < -0.3 is 9.84 Å². The Morgan fingerprint density at radius 3 is 2.50 bits per heavy atom. The van der Waals surface area contributed by atoms with E-state index in [4.69, 9.17) is 4.52 Å². The molecule has 16 heavy (non-hydrogen) atoms. The molecule has 1 heterocycles. The third-order valence-electron chi connectivity index (χ3n) is 2.27. The maximum atomic E-state index is 5.21. The van der Waals surface area contributed by atoms with E-state index in [0.29, 0.717) is 18.3 Å². The zero-order valence-electron chi connectivity index (χ0n) is 9.74. The molecule has 0 aliphatic carbocycles. The molecule has 2 aromatic rings. The van der Waals surface area contributed by atoms with Crippen LogP contribution in [-0.2, 0) is 6.54 Å². The minimum atomic E-state index is 0.581. The van der Waals surface area contributed by atoms with Crippen LogP contribution in [0.3, 0.4) is 0 Å². The molecule has 2 rings (SSSR count). The van der Waals surface area contributed by atoms with Crippen LogP contribution >= 0.6 is 0 Å². The van der Waals surface area contributed by atoms with Crippen LogP contribution in [0.15, 0.2) is 22.7 Å². The summed E-state index contributed by atoms with van der Waals surface area (Å²) in [7, 11) is 1.85. The van der Waals surface area contributed by atoms with Gasteiger partial charge in [-0.3, -0.25) is 0 Å². The van der Waals surface area contributed by atoms with E-state index in [1.807, 2.05) is 19.2 Å². The molecule has 0 aliphatic heterocycles. The zero-order valence-corrected chi connectivity index (χ0v) is 9.74. The minimum Gasteiger partial charge on any atom is -0.334 e. The lowest BCUT2D eigenvalue weighted by Gasteiger charge is -1.99. The molecule has 0 amide bonds. The topological polar surface area (TPSA) is 51.0 Å². The fourth-order valence-corrected chi connectivity index (χ4v) is 1.70. The summed E-state index contributed by atoms with van der Waals surface area (Å²) in [6, 6.07) is 6.21. The van der Waals surface area contributed by atoms with Crippen LogP contribution in [0.25, 0.3) is 11.5 Å². The van der Waals surface area contributed by atoms with Crippen LogP contribution < -0.4 is 5.32 Å². The van der Waals surface area contributed by atoms with Crippen LogP contribution in [0.1, 0.15) is 17.0 Å². The Bertz CT molecular complexity index is 471. The molecule has 4 heteroatoms. The van der Waals surface area contributed by atoms with E-state index in [1.165, 1.54) is 11.1 Å². The van der Waals surface area contributed by atoms with Crippen molar-refractivity contribution in [3.8, 4) is 11.5 Å². The molecule has 4 nitrogen and oxygen atoms in total. The summed E-state index contributed by atoms with van der Waals surface area (Å²) in [6.45, 7) is 4.73. The van der Waals surface area contributed by atoms with E-state index in [-0.39, 0.29) is 0 Å². The summed E-state index contributed by atoms with van der Waals surface area (Å²) < 4.78 is 5.21. The van der Waals surface area contributed by atoms with E-state index < -0.39 is 0 Å². The SMILES string of the molecule is CNCc1noc(-c2cc(C)cc(C)c2)n1. The highest BCUT2D eigenvalue weighted by Gasteiger charge is 2.08. The number of benzene rings is 1. The van der Waals surface area contributed by atoms with Crippen molar-refractivity contribution < 1.29 is 4.52 Å². The van der Waals surface area contributed by atoms with Crippen LogP contribution in [0.5, 0.6) is 0 Å². The van der Waals surface area contributed by atoms with Crippen LogP contribution in [-0.4, -0.2) is 17.2 Å². The van der Waals surface area contributed by atoms with Gasteiger partial charge in [0.1, 0.15) is 0 Å². The highest BCUT2D eigenvalue weighted by Crippen LogP contribution is 2.20. The Morgan fingerprint density at radius 1 is 1.19 bits per heavy atom. The first-order chi connectivity index (χ1) is 7.69. The Hall–Kier alpha value is -1.68. The molecule has 0 radical (unpaired) electrons. The van der Waals surface area contributed by atoms with Gasteiger partial charge in [-0.25, -0.2) is 0 Å². The summed E-state index contributed by atoms with van der Waals surface area (Å²) in [5, 5.41) is 6.88. The van der Waals surface area contributed by atoms with Gasteiger partial charge in [0.25, 0.3) is 5.89 Å². The predicted molar refractivity (Wildman–Crippen MR) is 62.0 cm³/mol. The van der Waals surface area contributed by atoms with E-state index in [2.05, 4.69) is 35.4 Å². The average Bonchev–Trinajstić information content (AvgIpc) is 2.65. The van der Waals surface area contributed by atoms with Gasteiger partial charge in [-0.2, -0.15) is 4.98 Å². The summed E-state index contributed by atoms with van der Waals surface area (Å²) in [4.78, 5) is 4.31. The lowest BCUT2D eigenvalue weighted by atomic mass is 10.1. The first-order valence-electron chi connectivity index (χ1n) is 5.25. The molecule has 0 bridgehead atoms. The molecular weight excluding hydrogens is 202 g/mol. The van der Waals surface area contributed by atoms with E-state index >= 15 is 0 Å². The van der Waals surface area contributed by atoms with Gasteiger partial charge in [0.15, 0.2) is 5.82 Å². The van der Waals surface area contributed by atoms with Gasteiger partial charge in [0.05, 0.1) is 6.54 Å². The monoisotopic (exact) mass is 217 g/mol. The molecule has 0 fully saturated rings. The van der Waals surface area contributed by atoms with E-state index in [0.717, 1.165) is 5.56 Å². The molecule has 84 valence electrons. The van der Waals surface area contributed by atoms with Gasteiger partial charge in [-0.1, -0.05) is 22.3 Å². The normalized spacial score (nSPS) is 10.7. The predicted octanol–water partition coefficient (Wildman–Crippen LogP) is 2.07. The smallest absolute Gasteiger partial charge is 0.257 e. The molecule has 1 aromatic heterocycles. The van der Waals surface area contributed by atoms with Crippen molar-refractivity contribution in [3.63, 3.8) is 0 Å². The van der Waals surface area contributed by atoms with Crippen molar-refractivity contribution in [1.29, 1.82) is 0 Å². The van der Waals surface area contributed by atoms with Crippen molar-refractivity contribution in [2.24, 2.45) is 0 Å². The second kappa shape index (κ2) is 4.45. The second-order valence-electron chi connectivity index (χ2n) is 3.92. The lowest BCUT2D eigenvalue weighted by Crippen LogP contribution is -2.06. The lowest BCUT2D eigenvalue weighted by molar-refractivity contribution is 0.420. The number of nitrogens with one attached hydrogen (secondary N) is 1.